The van der Waals surface area contributed by atoms with Crippen molar-refractivity contribution in [3.05, 3.63) is 32.4 Å². The van der Waals surface area contributed by atoms with Crippen LogP contribution in [0.5, 0.6) is 0 Å². The maximum atomic E-state index is 8.70. The van der Waals surface area contributed by atoms with Gasteiger partial charge in [-0.2, -0.15) is 15.8 Å². The van der Waals surface area contributed by atoms with E-state index in [-0.39, 0.29) is 16.7 Å². The molecule has 0 radical (unpaired) electrons. The molecule has 60 valence electrons. The van der Waals surface area contributed by atoms with E-state index in [1.807, 2.05) is 40.8 Å². The fourth-order valence-corrected chi connectivity index (χ4v) is 1.53. The molecule has 0 saturated heterocycles. The van der Waals surface area contributed by atoms with E-state index in [9.17, 15) is 0 Å². The summed E-state index contributed by atoms with van der Waals surface area (Å²) in [5.74, 6) is 0. The van der Waals surface area contributed by atoms with Crippen LogP contribution in [0.25, 0.3) is 0 Å². The summed E-state index contributed by atoms with van der Waals surface area (Å²) in [7, 11) is 0. The second kappa shape index (κ2) is 3.89. The Morgan fingerprint density at radius 2 is 1.38 bits per heavy atom. The van der Waals surface area contributed by atoms with E-state index in [0.717, 1.165) is 3.57 Å². The molecule has 0 spiro atoms. The largest absolute Gasteiger partial charge is 0.192 e. The topological polar surface area (TPSA) is 71.4 Å². The Kier molecular flexibility index (Phi) is 2.84. The average Bonchev–Trinajstić information content (AvgIpc) is 2.16. The van der Waals surface area contributed by atoms with Gasteiger partial charge >= 0.3 is 0 Å². The van der Waals surface area contributed by atoms with Crippen LogP contribution in [0.2, 0.25) is 0 Å². The number of nitriles is 3. The Bertz CT molecular complexity index is 436. The summed E-state index contributed by atoms with van der Waals surface area (Å²) in [5.41, 5.74) is 0.669. The number of hydrogen-bond acceptors (Lipinski definition) is 3. The molecule has 0 unspecified atom stereocenters. The first-order chi connectivity index (χ1) is 6.22. The summed E-state index contributed by atoms with van der Waals surface area (Å²) >= 11 is 2.00. The fraction of sp³-hybridized carbons (Fsp3) is 0. The van der Waals surface area contributed by atoms with Crippen LogP contribution in [0.1, 0.15) is 16.7 Å². The zero-order chi connectivity index (χ0) is 9.84. The average molecular weight is 279 g/mol. The summed E-state index contributed by atoms with van der Waals surface area (Å²) in [5, 5.41) is 26.1. The molecule has 4 heteroatoms. The molecule has 0 aliphatic heterocycles. The molecule has 1 aromatic carbocycles. The second-order valence-corrected chi connectivity index (χ2v) is 3.46. The van der Waals surface area contributed by atoms with Crippen LogP contribution in [0.3, 0.4) is 0 Å². The summed E-state index contributed by atoms with van der Waals surface area (Å²) in [6, 6.07) is 8.78. The molecular formula is C9H2IN3. The molecule has 3 nitrogen and oxygen atoms in total. The number of hydrogen-bond donors (Lipinski definition) is 0. The first-order valence-electron chi connectivity index (χ1n) is 3.26. The van der Waals surface area contributed by atoms with Crippen LogP contribution >= 0.6 is 22.6 Å². The molecule has 1 aromatic rings. The van der Waals surface area contributed by atoms with Gasteiger partial charge in [0.05, 0.1) is 16.7 Å². The van der Waals surface area contributed by atoms with E-state index in [4.69, 9.17) is 15.8 Å². The van der Waals surface area contributed by atoms with Crippen molar-refractivity contribution < 1.29 is 0 Å². The Hall–Kier alpha value is -1.58. The number of rotatable bonds is 0. The van der Waals surface area contributed by atoms with E-state index < -0.39 is 0 Å². The Labute approximate surface area is 89.0 Å². The predicted molar refractivity (Wildman–Crippen MR) is 53.3 cm³/mol. The molecule has 0 aliphatic carbocycles. The van der Waals surface area contributed by atoms with Crippen LogP contribution in [0.15, 0.2) is 12.1 Å². The van der Waals surface area contributed by atoms with Gasteiger partial charge in [0.2, 0.25) is 0 Å². The van der Waals surface area contributed by atoms with E-state index in [1.165, 1.54) is 0 Å². The number of benzene rings is 1. The van der Waals surface area contributed by atoms with Crippen molar-refractivity contribution in [3.8, 4) is 18.2 Å². The third-order valence-corrected chi connectivity index (χ3v) is 2.08. The number of nitrogens with zero attached hydrogens (tertiary/aromatic N) is 3. The maximum Gasteiger partial charge on any atom is 0.102 e. The van der Waals surface area contributed by atoms with Gasteiger partial charge in [-0.15, -0.1) is 0 Å². The molecule has 0 aromatic heterocycles. The van der Waals surface area contributed by atoms with Crippen molar-refractivity contribution >= 4 is 22.6 Å². The van der Waals surface area contributed by atoms with Gasteiger partial charge < -0.3 is 0 Å². The standard InChI is InChI=1S/C9H2IN3/c10-8-1-6(3-11)9(5-13)7(2-8)4-12/h1-2H. The van der Waals surface area contributed by atoms with Gasteiger partial charge in [-0.05, 0) is 34.7 Å². The van der Waals surface area contributed by atoms with Gasteiger partial charge in [-0.1, -0.05) is 0 Å². The quantitative estimate of drug-likeness (QED) is 0.681. The van der Waals surface area contributed by atoms with Gasteiger partial charge in [0, 0.05) is 3.57 Å². The van der Waals surface area contributed by atoms with Gasteiger partial charge in [0.15, 0.2) is 0 Å². The van der Waals surface area contributed by atoms with E-state index in [0.29, 0.717) is 0 Å². The minimum atomic E-state index is 0.158. The van der Waals surface area contributed by atoms with Crippen LogP contribution in [0, 0.1) is 37.6 Å². The highest BCUT2D eigenvalue weighted by molar-refractivity contribution is 14.1. The minimum Gasteiger partial charge on any atom is -0.192 e. The van der Waals surface area contributed by atoms with Crippen molar-refractivity contribution in [2.45, 2.75) is 0 Å². The Balaban J connectivity index is 3.59. The number of halogens is 1. The maximum absolute atomic E-state index is 8.70. The summed E-state index contributed by atoms with van der Waals surface area (Å²) < 4.78 is 0.782. The van der Waals surface area contributed by atoms with Gasteiger partial charge in [0.1, 0.15) is 18.2 Å². The smallest absolute Gasteiger partial charge is 0.102 e. The summed E-state index contributed by atoms with van der Waals surface area (Å²) in [4.78, 5) is 0. The zero-order valence-electron chi connectivity index (χ0n) is 6.37. The van der Waals surface area contributed by atoms with E-state index >= 15 is 0 Å². The fourth-order valence-electron chi connectivity index (χ4n) is 0.904. The molecule has 0 fully saturated rings. The SMILES string of the molecule is N#Cc1cc(I)cc(C#N)c1C#N. The summed E-state index contributed by atoms with van der Waals surface area (Å²) in [6.07, 6.45) is 0. The van der Waals surface area contributed by atoms with Crippen LogP contribution in [-0.2, 0) is 0 Å². The lowest BCUT2D eigenvalue weighted by atomic mass is 10.0. The van der Waals surface area contributed by atoms with Gasteiger partial charge in [-0.3, -0.25) is 0 Å². The Morgan fingerprint density at radius 3 is 1.69 bits per heavy atom. The summed E-state index contributed by atoms with van der Waals surface area (Å²) in [6.45, 7) is 0. The third-order valence-electron chi connectivity index (χ3n) is 1.46. The van der Waals surface area contributed by atoms with Crippen molar-refractivity contribution in [1.29, 1.82) is 15.8 Å². The van der Waals surface area contributed by atoms with Crippen molar-refractivity contribution in [1.82, 2.24) is 0 Å². The van der Waals surface area contributed by atoms with Crippen LogP contribution in [-0.4, -0.2) is 0 Å². The van der Waals surface area contributed by atoms with Crippen molar-refractivity contribution in [3.63, 3.8) is 0 Å². The van der Waals surface area contributed by atoms with Crippen LogP contribution in [0.4, 0.5) is 0 Å². The second-order valence-electron chi connectivity index (χ2n) is 2.21. The molecule has 13 heavy (non-hydrogen) atoms. The first-order valence-corrected chi connectivity index (χ1v) is 4.34. The van der Waals surface area contributed by atoms with Crippen LogP contribution < -0.4 is 0 Å². The minimum absolute atomic E-state index is 0.158. The molecule has 1 rings (SSSR count). The Morgan fingerprint density at radius 1 is 0.923 bits per heavy atom. The normalized spacial score (nSPS) is 8.15. The van der Waals surface area contributed by atoms with Crippen molar-refractivity contribution in [2.75, 3.05) is 0 Å². The van der Waals surface area contributed by atoms with E-state index in [1.54, 1.807) is 12.1 Å². The molecular weight excluding hydrogens is 277 g/mol. The zero-order valence-corrected chi connectivity index (χ0v) is 8.53. The third kappa shape index (κ3) is 1.77. The molecule has 0 N–H and O–H groups in total. The van der Waals surface area contributed by atoms with Crippen molar-refractivity contribution in [2.24, 2.45) is 0 Å². The molecule has 0 saturated carbocycles. The highest BCUT2D eigenvalue weighted by Crippen LogP contribution is 2.17. The predicted octanol–water partition coefficient (Wildman–Crippen LogP) is 1.91. The lowest BCUT2D eigenvalue weighted by molar-refractivity contribution is 1.38. The van der Waals surface area contributed by atoms with Gasteiger partial charge in [0.25, 0.3) is 0 Å². The molecule has 0 bridgehead atoms. The molecule has 0 atom stereocenters. The highest BCUT2D eigenvalue weighted by Gasteiger charge is 2.08. The highest BCUT2D eigenvalue weighted by atomic mass is 127. The first kappa shape index (κ1) is 9.51. The molecule has 0 amide bonds. The molecule has 0 aliphatic rings. The monoisotopic (exact) mass is 279 g/mol. The van der Waals surface area contributed by atoms with Gasteiger partial charge in [-0.25, -0.2) is 0 Å². The lowest BCUT2D eigenvalue weighted by Crippen LogP contribution is -1.90. The molecule has 0 heterocycles. The van der Waals surface area contributed by atoms with E-state index in [2.05, 4.69) is 0 Å². The lowest BCUT2D eigenvalue weighted by Gasteiger charge is -1.97.